The molecule has 1 aliphatic carbocycles. The van der Waals surface area contributed by atoms with E-state index in [0.29, 0.717) is 17.4 Å². The predicted octanol–water partition coefficient (Wildman–Crippen LogP) is 5.01. The van der Waals surface area contributed by atoms with E-state index >= 15 is 0 Å². The van der Waals surface area contributed by atoms with Gasteiger partial charge in [-0.1, -0.05) is 30.3 Å². The Morgan fingerprint density at radius 1 is 1.11 bits per heavy atom. The van der Waals surface area contributed by atoms with Crippen LogP contribution in [0, 0.1) is 0 Å². The fourth-order valence-electron chi connectivity index (χ4n) is 3.84. The Labute approximate surface area is 162 Å². The second-order valence-electron chi connectivity index (χ2n) is 7.21. The largest absolute Gasteiger partial charge is 0.293 e. The molecule has 0 N–H and O–H groups in total. The van der Waals surface area contributed by atoms with Gasteiger partial charge in [0.05, 0.1) is 17.1 Å². The van der Waals surface area contributed by atoms with Gasteiger partial charge in [-0.15, -0.1) is 12.6 Å². The highest BCUT2D eigenvalue weighted by Crippen LogP contribution is 2.44. The number of thiol groups is 1. The van der Waals surface area contributed by atoms with E-state index in [-0.39, 0.29) is 5.12 Å². The molecule has 27 heavy (non-hydrogen) atoms. The van der Waals surface area contributed by atoms with Crippen LogP contribution in [-0.2, 0) is 4.79 Å². The topological polar surface area (TPSA) is 47.8 Å². The zero-order chi connectivity index (χ0) is 18.5. The van der Waals surface area contributed by atoms with Crippen LogP contribution in [-0.4, -0.2) is 19.7 Å². The molecular formula is C22H19N3OS. The molecule has 0 bridgehead atoms. The molecule has 2 heterocycles. The number of hydrogen-bond acceptors (Lipinski definition) is 3. The summed E-state index contributed by atoms with van der Waals surface area (Å²) in [7, 11) is 0. The van der Waals surface area contributed by atoms with Gasteiger partial charge in [-0.3, -0.25) is 9.36 Å². The van der Waals surface area contributed by atoms with Crippen LogP contribution in [0.5, 0.6) is 0 Å². The van der Waals surface area contributed by atoms with Crippen LogP contribution in [0.4, 0.5) is 0 Å². The van der Waals surface area contributed by atoms with Crippen molar-refractivity contribution in [2.24, 2.45) is 0 Å². The summed E-state index contributed by atoms with van der Waals surface area (Å²) in [5, 5.41) is 2.25. The zero-order valence-corrected chi connectivity index (χ0v) is 15.9. The quantitative estimate of drug-likeness (QED) is 0.512. The Hall–Kier alpha value is -2.66. The van der Waals surface area contributed by atoms with Crippen molar-refractivity contribution in [1.82, 2.24) is 14.5 Å². The third kappa shape index (κ3) is 2.65. The predicted molar refractivity (Wildman–Crippen MR) is 111 cm³/mol. The number of rotatable bonds is 4. The van der Waals surface area contributed by atoms with Crippen molar-refractivity contribution in [3.63, 3.8) is 0 Å². The molecular weight excluding hydrogens is 354 g/mol. The molecule has 5 rings (SSSR count). The molecule has 1 aliphatic rings. The van der Waals surface area contributed by atoms with Crippen molar-refractivity contribution >= 4 is 39.7 Å². The normalized spacial score (nSPS) is 15.3. The Morgan fingerprint density at radius 3 is 2.63 bits per heavy atom. The summed E-state index contributed by atoms with van der Waals surface area (Å²) in [5.41, 5.74) is 3.99. The maximum Gasteiger partial charge on any atom is 0.196 e. The SMILES string of the molecule is CC(C(=O)S)c1nc2ncccc2n1-c1ccc(C2CC2)c2ccccc12. The molecule has 0 aliphatic heterocycles. The second kappa shape index (κ2) is 6.20. The summed E-state index contributed by atoms with van der Waals surface area (Å²) in [6.45, 7) is 1.84. The number of imidazole rings is 1. The lowest BCUT2D eigenvalue weighted by molar-refractivity contribution is -0.111. The third-order valence-corrected chi connectivity index (χ3v) is 5.79. The van der Waals surface area contributed by atoms with Gasteiger partial charge in [-0.05, 0) is 54.8 Å². The average molecular weight is 373 g/mol. The van der Waals surface area contributed by atoms with Gasteiger partial charge in [0.25, 0.3) is 0 Å². The summed E-state index contributed by atoms with van der Waals surface area (Å²) in [4.78, 5) is 21.1. The number of aromatic nitrogens is 3. The highest BCUT2D eigenvalue weighted by atomic mass is 32.1. The van der Waals surface area contributed by atoms with E-state index < -0.39 is 5.92 Å². The molecule has 0 saturated heterocycles. The van der Waals surface area contributed by atoms with Crippen molar-refractivity contribution in [2.75, 3.05) is 0 Å². The number of pyridine rings is 1. The van der Waals surface area contributed by atoms with Crippen molar-refractivity contribution in [2.45, 2.75) is 31.6 Å². The van der Waals surface area contributed by atoms with E-state index in [1.807, 2.05) is 19.1 Å². The molecule has 0 spiro atoms. The first-order chi connectivity index (χ1) is 13.1. The summed E-state index contributed by atoms with van der Waals surface area (Å²) < 4.78 is 2.07. The van der Waals surface area contributed by atoms with E-state index in [1.165, 1.54) is 29.2 Å². The van der Waals surface area contributed by atoms with Gasteiger partial charge >= 0.3 is 0 Å². The molecule has 4 aromatic rings. The highest BCUT2D eigenvalue weighted by Gasteiger charge is 2.27. The lowest BCUT2D eigenvalue weighted by atomic mass is 9.99. The van der Waals surface area contributed by atoms with E-state index in [4.69, 9.17) is 0 Å². The first-order valence-corrected chi connectivity index (χ1v) is 9.68. The third-order valence-electron chi connectivity index (χ3n) is 5.41. The van der Waals surface area contributed by atoms with Crippen LogP contribution >= 0.6 is 12.6 Å². The van der Waals surface area contributed by atoms with Crippen LogP contribution in [0.1, 0.15) is 43.0 Å². The molecule has 2 aromatic carbocycles. The first kappa shape index (κ1) is 16.5. The van der Waals surface area contributed by atoms with Gasteiger partial charge in [0.15, 0.2) is 10.8 Å². The van der Waals surface area contributed by atoms with Gasteiger partial charge in [-0.25, -0.2) is 9.97 Å². The van der Waals surface area contributed by atoms with Crippen molar-refractivity contribution in [3.05, 3.63) is 66.1 Å². The zero-order valence-electron chi connectivity index (χ0n) is 15.0. The van der Waals surface area contributed by atoms with Crippen LogP contribution < -0.4 is 0 Å². The molecule has 0 radical (unpaired) electrons. The molecule has 1 unspecified atom stereocenters. The molecule has 0 amide bonds. The van der Waals surface area contributed by atoms with Crippen molar-refractivity contribution < 1.29 is 4.79 Å². The van der Waals surface area contributed by atoms with Gasteiger partial charge in [-0.2, -0.15) is 0 Å². The van der Waals surface area contributed by atoms with E-state index in [1.54, 1.807) is 6.20 Å². The first-order valence-electron chi connectivity index (χ1n) is 9.23. The Morgan fingerprint density at radius 2 is 1.89 bits per heavy atom. The molecule has 134 valence electrons. The van der Waals surface area contributed by atoms with Crippen LogP contribution in [0.2, 0.25) is 0 Å². The summed E-state index contributed by atoms with van der Waals surface area (Å²) in [6, 6.07) is 16.8. The van der Waals surface area contributed by atoms with Gasteiger partial charge in [0.1, 0.15) is 5.82 Å². The molecule has 1 saturated carbocycles. The maximum atomic E-state index is 12.0. The standard InChI is InChI=1S/C22H19N3OS/c1-13(22(26)27)21-24-20-19(7-4-12-23-20)25(21)18-11-10-15(14-8-9-14)16-5-2-3-6-17(16)18/h2-7,10-14H,8-9H2,1H3,(H,26,27). The number of nitrogens with zero attached hydrogens (tertiary/aromatic N) is 3. The summed E-state index contributed by atoms with van der Waals surface area (Å²) in [6.07, 6.45) is 4.25. The lowest BCUT2D eigenvalue weighted by Crippen LogP contribution is -2.10. The van der Waals surface area contributed by atoms with E-state index in [0.717, 1.165) is 11.2 Å². The van der Waals surface area contributed by atoms with Crippen LogP contribution in [0.15, 0.2) is 54.7 Å². The fraction of sp³-hybridized carbons (Fsp3) is 0.227. The number of benzene rings is 2. The molecule has 4 nitrogen and oxygen atoms in total. The number of fused-ring (bicyclic) bond motifs is 2. The van der Waals surface area contributed by atoms with E-state index in [2.05, 4.69) is 63.6 Å². The van der Waals surface area contributed by atoms with Gasteiger partial charge in [0.2, 0.25) is 0 Å². The molecule has 2 aromatic heterocycles. The Kier molecular flexibility index (Phi) is 3.79. The summed E-state index contributed by atoms with van der Waals surface area (Å²) in [5.74, 6) is 0.917. The van der Waals surface area contributed by atoms with Gasteiger partial charge in [0, 0.05) is 11.6 Å². The van der Waals surface area contributed by atoms with Crippen LogP contribution in [0.25, 0.3) is 27.6 Å². The fourth-order valence-corrected chi connectivity index (χ4v) is 3.95. The van der Waals surface area contributed by atoms with Crippen LogP contribution in [0.3, 0.4) is 0 Å². The van der Waals surface area contributed by atoms with Crippen molar-refractivity contribution in [1.29, 1.82) is 0 Å². The smallest absolute Gasteiger partial charge is 0.196 e. The molecule has 1 atom stereocenters. The number of carbonyl (C=O) groups excluding carboxylic acids is 1. The van der Waals surface area contributed by atoms with E-state index in [9.17, 15) is 4.79 Å². The molecule has 5 heteroatoms. The Bertz CT molecular complexity index is 1190. The van der Waals surface area contributed by atoms with Gasteiger partial charge < -0.3 is 0 Å². The molecule has 1 fully saturated rings. The number of carbonyl (C=O) groups is 1. The monoisotopic (exact) mass is 373 g/mol. The minimum Gasteiger partial charge on any atom is -0.293 e. The minimum absolute atomic E-state index is 0.203. The van der Waals surface area contributed by atoms with Crippen molar-refractivity contribution in [3.8, 4) is 5.69 Å². The Balaban J connectivity index is 1.85. The lowest BCUT2D eigenvalue weighted by Gasteiger charge is -2.16. The second-order valence-corrected chi connectivity index (χ2v) is 7.65. The summed E-state index contributed by atoms with van der Waals surface area (Å²) >= 11 is 4.06. The number of hydrogen-bond donors (Lipinski definition) is 1. The average Bonchev–Trinajstić information content (AvgIpc) is 3.46. The minimum atomic E-state index is -0.426. The maximum absolute atomic E-state index is 12.0. The highest BCUT2D eigenvalue weighted by molar-refractivity contribution is 7.96.